The van der Waals surface area contributed by atoms with Gasteiger partial charge in [0.2, 0.25) is 0 Å². The van der Waals surface area contributed by atoms with Gasteiger partial charge < -0.3 is 50.8 Å². The highest BCUT2D eigenvalue weighted by atomic mass is 16.7. The summed E-state index contributed by atoms with van der Waals surface area (Å²) in [6.07, 6.45) is -6.78. The number of nitrogens with two attached hydrogens (primary N) is 2. The maximum absolute atomic E-state index is 10.4. The van der Waals surface area contributed by atoms with Crippen molar-refractivity contribution in [2.45, 2.75) is 62.1 Å². The van der Waals surface area contributed by atoms with Crippen LogP contribution < -0.4 is 11.5 Å². The fraction of sp³-hybridized carbons (Fsp3) is 1.00. The molecule has 10 atom stereocenters. The molecule has 2 heterocycles. The second kappa shape index (κ2) is 8.32. The van der Waals surface area contributed by atoms with Crippen LogP contribution in [0.1, 0.15) is 6.92 Å². The minimum absolute atomic E-state index is 0.316. The van der Waals surface area contributed by atoms with Crippen LogP contribution in [0.3, 0.4) is 0 Å². The molecule has 0 aliphatic carbocycles. The number of ether oxygens (including phenoxy) is 4. The van der Waals surface area contributed by atoms with Crippen LogP contribution in [0.25, 0.3) is 0 Å². The molecule has 10 nitrogen and oxygen atoms in total. The van der Waals surface area contributed by atoms with Crippen LogP contribution in [0.4, 0.5) is 0 Å². The zero-order valence-electron chi connectivity index (χ0n) is 13.8. The molecule has 0 aromatic rings. The predicted molar refractivity (Wildman–Crippen MR) is 80.5 cm³/mol. The van der Waals surface area contributed by atoms with Crippen molar-refractivity contribution < 1.29 is 39.4 Å². The Balaban J connectivity index is 2.12. The molecule has 142 valence electrons. The third-order valence-electron chi connectivity index (χ3n) is 4.75. The van der Waals surface area contributed by atoms with E-state index in [4.69, 9.17) is 30.4 Å². The maximum atomic E-state index is 10.4. The monoisotopic (exact) mass is 352 g/mol. The first-order valence-corrected chi connectivity index (χ1v) is 7.93. The van der Waals surface area contributed by atoms with E-state index in [9.17, 15) is 20.4 Å². The molecule has 2 fully saturated rings. The van der Waals surface area contributed by atoms with Crippen LogP contribution >= 0.6 is 0 Å². The van der Waals surface area contributed by atoms with E-state index < -0.39 is 61.8 Å². The Labute approximate surface area is 140 Å². The van der Waals surface area contributed by atoms with Gasteiger partial charge in [0.15, 0.2) is 12.6 Å². The molecule has 0 aromatic heterocycles. The third-order valence-corrected chi connectivity index (χ3v) is 4.75. The molecule has 2 aliphatic heterocycles. The molecule has 8 N–H and O–H groups in total. The minimum atomic E-state index is -1.21. The summed E-state index contributed by atoms with van der Waals surface area (Å²) < 4.78 is 21.8. The Morgan fingerprint density at radius 3 is 2.00 bits per heavy atom. The van der Waals surface area contributed by atoms with E-state index in [1.165, 1.54) is 7.11 Å². The van der Waals surface area contributed by atoms with Gasteiger partial charge >= 0.3 is 0 Å². The van der Waals surface area contributed by atoms with E-state index in [0.29, 0.717) is 0 Å². The van der Waals surface area contributed by atoms with Crippen molar-refractivity contribution in [2.24, 2.45) is 17.4 Å². The van der Waals surface area contributed by atoms with Crippen molar-refractivity contribution in [1.29, 1.82) is 0 Å². The Morgan fingerprint density at radius 2 is 1.46 bits per heavy atom. The van der Waals surface area contributed by atoms with Crippen molar-refractivity contribution in [3.63, 3.8) is 0 Å². The lowest BCUT2D eigenvalue weighted by Crippen LogP contribution is -2.66. The highest BCUT2D eigenvalue weighted by Gasteiger charge is 2.48. The third kappa shape index (κ3) is 3.73. The summed E-state index contributed by atoms with van der Waals surface area (Å²) in [5.74, 6) is -0.383. The van der Waals surface area contributed by atoms with E-state index >= 15 is 0 Å². The van der Waals surface area contributed by atoms with Crippen LogP contribution in [0.2, 0.25) is 0 Å². The topological polar surface area (TPSA) is 170 Å². The largest absolute Gasteiger partial charge is 0.394 e. The molecule has 0 bridgehead atoms. The molecule has 0 spiro atoms. The summed E-state index contributed by atoms with van der Waals surface area (Å²) >= 11 is 0. The van der Waals surface area contributed by atoms with Gasteiger partial charge in [-0.25, -0.2) is 0 Å². The summed E-state index contributed by atoms with van der Waals surface area (Å²) in [5, 5.41) is 39.4. The lowest BCUT2D eigenvalue weighted by Gasteiger charge is -2.46. The van der Waals surface area contributed by atoms with Crippen molar-refractivity contribution in [3.05, 3.63) is 0 Å². The lowest BCUT2D eigenvalue weighted by molar-refractivity contribution is -0.321. The fourth-order valence-corrected chi connectivity index (χ4v) is 3.07. The quantitative estimate of drug-likeness (QED) is 0.291. The van der Waals surface area contributed by atoms with E-state index in [1.54, 1.807) is 6.92 Å². The first-order chi connectivity index (χ1) is 11.3. The Hall–Kier alpha value is -0.400. The molecule has 2 rings (SSSR count). The van der Waals surface area contributed by atoms with Gasteiger partial charge in [-0.3, -0.25) is 0 Å². The smallest absolute Gasteiger partial charge is 0.176 e. The van der Waals surface area contributed by atoms with Crippen LogP contribution in [-0.4, -0.2) is 95.9 Å². The zero-order valence-corrected chi connectivity index (χ0v) is 13.8. The minimum Gasteiger partial charge on any atom is -0.394 e. The Morgan fingerprint density at radius 1 is 0.917 bits per heavy atom. The highest BCUT2D eigenvalue weighted by Crippen LogP contribution is 2.29. The molecule has 10 heteroatoms. The fourth-order valence-electron chi connectivity index (χ4n) is 3.07. The summed E-state index contributed by atoms with van der Waals surface area (Å²) in [6.45, 7) is 0.942. The summed E-state index contributed by atoms with van der Waals surface area (Å²) in [4.78, 5) is 0. The first-order valence-electron chi connectivity index (χ1n) is 7.93. The number of methoxy groups -OCH3 is 1. The lowest BCUT2D eigenvalue weighted by atomic mass is 9.89. The normalized spacial score (nSPS) is 50.0. The van der Waals surface area contributed by atoms with Gasteiger partial charge in [0.1, 0.15) is 18.3 Å². The predicted octanol–water partition coefficient (Wildman–Crippen LogP) is -3.54. The van der Waals surface area contributed by atoms with Crippen molar-refractivity contribution in [2.75, 3.05) is 20.3 Å². The molecule has 4 unspecified atom stereocenters. The van der Waals surface area contributed by atoms with Crippen molar-refractivity contribution in [3.8, 4) is 0 Å². The summed E-state index contributed by atoms with van der Waals surface area (Å²) in [7, 11) is 1.37. The standard InChI is InChI=1S/C14H28N2O8/c1-5-6(3-17)22-14(8(15)10(5)19)24-12-7(4-18)23-13(21-2)9(16)11(12)20/h5-14,17-20H,3-4,15-16H2,1-2H3/t5-,6?,7?,8?,9+,10-,11-,12+,13?,14-/m0/s1. The molecular weight excluding hydrogens is 324 g/mol. The van der Waals surface area contributed by atoms with E-state index in [0.717, 1.165) is 0 Å². The molecule has 0 saturated carbocycles. The SMILES string of the molecule is COC1OC(CO)[C@@H](O[C@@H]2OC(CO)[C@H](C)[C@H](O)C2N)[C@@H](O)[C@H]1N. The highest BCUT2D eigenvalue weighted by molar-refractivity contribution is 4.95. The van der Waals surface area contributed by atoms with Gasteiger partial charge in [-0.2, -0.15) is 0 Å². The average Bonchev–Trinajstić information content (AvgIpc) is 2.59. The molecule has 0 radical (unpaired) electrons. The van der Waals surface area contributed by atoms with Crippen LogP contribution in [-0.2, 0) is 18.9 Å². The summed E-state index contributed by atoms with van der Waals surface area (Å²) in [5.41, 5.74) is 11.8. The first kappa shape index (κ1) is 19.9. The van der Waals surface area contributed by atoms with Gasteiger partial charge in [0.05, 0.1) is 37.5 Å². The molecular formula is C14H28N2O8. The van der Waals surface area contributed by atoms with Crippen molar-refractivity contribution in [1.82, 2.24) is 0 Å². The van der Waals surface area contributed by atoms with Gasteiger partial charge in [-0.1, -0.05) is 6.92 Å². The molecule has 2 aliphatic rings. The number of hydrogen-bond acceptors (Lipinski definition) is 10. The average molecular weight is 352 g/mol. The molecule has 0 amide bonds. The van der Waals surface area contributed by atoms with E-state index in [2.05, 4.69) is 0 Å². The number of hydrogen-bond donors (Lipinski definition) is 6. The number of aliphatic hydroxyl groups excluding tert-OH is 4. The van der Waals surface area contributed by atoms with Gasteiger partial charge in [0.25, 0.3) is 0 Å². The van der Waals surface area contributed by atoms with E-state index in [-0.39, 0.29) is 12.5 Å². The van der Waals surface area contributed by atoms with Crippen LogP contribution in [0, 0.1) is 5.92 Å². The molecule has 0 aromatic carbocycles. The maximum Gasteiger partial charge on any atom is 0.176 e. The molecule has 24 heavy (non-hydrogen) atoms. The van der Waals surface area contributed by atoms with Gasteiger partial charge in [-0.15, -0.1) is 0 Å². The Bertz CT molecular complexity index is 399. The van der Waals surface area contributed by atoms with E-state index in [1.807, 2.05) is 0 Å². The number of aliphatic hydroxyl groups is 4. The Kier molecular flexibility index (Phi) is 6.90. The van der Waals surface area contributed by atoms with Gasteiger partial charge in [-0.05, 0) is 0 Å². The van der Waals surface area contributed by atoms with Crippen molar-refractivity contribution >= 4 is 0 Å². The molecule has 2 saturated heterocycles. The zero-order chi connectivity index (χ0) is 18.0. The van der Waals surface area contributed by atoms with Gasteiger partial charge in [0, 0.05) is 13.0 Å². The second-order valence-corrected chi connectivity index (χ2v) is 6.28. The number of rotatable bonds is 5. The second-order valence-electron chi connectivity index (χ2n) is 6.28. The van der Waals surface area contributed by atoms with Crippen LogP contribution in [0.5, 0.6) is 0 Å². The summed E-state index contributed by atoms with van der Waals surface area (Å²) in [6, 6.07) is -1.80. The van der Waals surface area contributed by atoms with Crippen LogP contribution in [0.15, 0.2) is 0 Å².